The zero-order valence-electron chi connectivity index (χ0n) is 16.7. The molecule has 1 aromatic rings. The maximum absolute atomic E-state index is 5.97. The van der Waals surface area contributed by atoms with E-state index >= 15 is 0 Å². The minimum absolute atomic E-state index is 0. The molecule has 1 aromatic carbocycles. The van der Waals surface area contributed by atoms with Crippen molar-refractivity contribution in [1.29, 1.82) is 0 Å². The van der Waals surface area contributed by atoms with Crippen LogP contribution in [0.15, 0.2) is 12.1 Å². The third-order valence-corrected chi connectivity index (χ3v) is 6.70. The van der Waals surface area contributed by atoms with Crippen molar-refractivity contribution in [3.63, 3.8) is 0 Å². The van der Waals surface area contributed by atoms with Gasteiger partial charge in [0.2, 0.25) is 0 Å². The van der Waals surface area contributed by atoms with Gasteiger partial charge in [0.05, 0.1) is 0 Å². The smallest absolute Gasteiger partial charge is 0.493 e. The Bertz CT molecular complexity index is 582. The van der Waals surface area contributed by atoms with Crippen LogP contribution >= 0.6 is 0 Å². The van der Waals surface area contributed by atoms with Crippen molar-refractivity contribution in [2.75, 3.05) is 13.9 Å². The number of rotatable bonds is 4. The molecule has 5 rings (SSSR count). The molecule has 132 valence electrons. The number of hydrogen-bond donors (Lipinski definition) is 0. The first-order valence-electron chi connectivity index (χ1n) is 9.58. The third kappa shape index (κ3) is 3.55. The minimum Gasteiger partial charge on any atom is -0.493 e. The summed E-state index contributed by atoms with van der Waals surface area (Å²) >= 11 is 0. The van der Waals surface area contributed by atoms with Crippen molar-refractivity contribution in [2.24, 2.45) is 17.8 Å². The zero-order chi connectivity index (χ0) is 16.9. The second-order valence-electron chi connectivity index (χ2n) is 9.63. The molecular weight excluding hydrogens is 303 g/mol. The van der Waals surface area contributed by atoms with Crippen molar-refractivity contribution in [1.82, 2.24) is 0 Å². The second kappa shape index (κ2) is 6.95. The van der Waals surface area contributed by atoms with Crippen LogP contribution in [0.1, 0.15) is 70.4 Å². The van der Waals surface area contributed by atoms with E-state index in [1.807, 2.05) is 0 Å². The van der Waals surface area contributed by atoms with Gasteiger partial charge >= 0.3 is 18.9 Å². The summed E-state index contributed by atoms with van der Waals surface area (Å²) in [5.41, 5.74) is 3.27. The fraction of sp³-hybridized carbons (Fsp3) is 0.727. The van der Waals surface area contributed by atoms with E-state index in [0.717, 1.165) is 23.5 Å². The Morgan fingerprint density at radius 2 is 1.64 bits per heavy atom. The van der Waals surface area contributed by atoms with E-state index in [1.165, 1.54) is 49.7 Å². The molecule has 4 aliphatic carbocycles. The largest absolute Gasteiger partial charge is 1.00 e. The summed E-state index contributed by atoms with van der Waals surface area (Å²) in [5.74, 6) is 3.74. The SMILES string of the molecule is COCOc1[c-]cc(C(C)(C)C)cc1C12CC3CC(CC(C3)C1)C2.[Li+]. The van der Waals surface area contributed by atoms with Crippen molar-refractivity contribution in [3.05, 3.63) is 29.3 Å². The van der Waals surface area contributed by atoms with Gasteiger partial charge in [-0.05, 0) is 42.4 Å². The van der Waals surface area contributed by atoms with E-state index in [1.54, 1.807) is 7.11 Å². The average molecular weight is 334 g/mol. The van der Waals surface area contributed by atoms with Crippen LogP contribution < -0.4 is 23.6 Å². The van der Waals surface area contributed by atoms with E-state index in [0.29, 0.717) is 12.2 Å². The molecule has 0 spiro atoms. The molecule has 4 aliphatic rings. The molecular formula is C22H31LiO2. The van der Waals surface area contributed by atoms with Gasteiger partial charge in [0.1, 0.15) is 0 Å². The molecule has 0 unspecified atom stereocenters. The maximum Gasteiger partial charge on any atom is 1.00 e. The fourth-order valence-electron chi connectivity index (χ4n) is 5.99. The second-order valence-corrected chi connectivity index (χ2v) is 9.63. The molecule has 4 bridgehead atoms. The van der Waals surface area contributed by atoms with Crippen molar-refractivity contribution < 1.29 is 28.3 Å². The van der Waals surface area contributed by atoms with Gasteiger partial charge in [0.25, 0.3) is 0 Å². The third-order valence-electron chi connectivity index (χ3n) is 6.70. The molecule has 0 saturated heterocycles. The first-order chi connectivity index (χ1) is 11.4. The van der Waals surface area contributed by atoms with Crippen molar-refractivity contribution >= 4 is 0 Å². The van der Waals surface area contributed by atoms with Crippen LogP contribution in [0.25, 0.3) is 0 Å². The quantitative estimate of drug-likeness (QED) is 0.478. The molecule has 4 saturated carbocycles. The number of hydrogen-bond acceptors (Lipinski definition) is 2. The average Bonchev–Trinajstić information content (AvgIpc) is 2.50. The van der Waals surface area contributed by atoms with Crippen LogP contribution in [0, 0.1) is 23.8 Å². The Morgan fingerprint density at radius 1 is 1.08 bits per heavy atom. The van der Waals surface area contributed by atoms with Gasteiger partial charge in [0, 0.05) is 12.9 Å². The van der Waals surface area contributed by atoms with Crippen LogP contribution in [0.3, 0.4) is 0 Å². The van der Waals surface area contributed by atoms with Gasteiger partial charge in [0.15, 0.2) is 6.79 Å². The van der Waals surface area contributed by atoms with Gasteiger partial charge < -0.3 is 9.47 Å². The van der Waals surface area contributed by atoms with E-state index in [9.17, 15) is 0 Å². The van der Waals surface area contributed by atoms with Crippen LogP contribution in [0.5, 0.6) is 5.75 Å². The summed E-state index contributed by atoms with van der Waals surface area (Å²) in [6.07, 6.45) is 8.46. The van der Waals surface area contributed by atoms with Gasteiger partial charge in [-0.3, -0.25) is 0 Å². The Kier molecular flexibility index (Phi) is 5.38. The van der Waals surface area contributed by atoms with E-state index in [4.69, 9.17) is 9.47 Å². The first kappa shape index (κ1) is 19.3. The molecule has 0 aliphatic heterocycles. The zero-order valence-corrected chi connectivity index (χ0v) is 16.7. The molecule has 25 heavy (non-hydrogen) atoms. The summed E-state index contributed by atoms with van der Waals surface area (Å²) in [7, 11) is 1.69. The Hall–Kier alpha value is -0.423. The van der Waals surface area contributed by atoms with Crippen LogP contribution in [0.4, 0.5) is 0 Å². The molecule has 0 N–H and O–H groups in total. The Labute approximate surface area is 165 Å². The van der Waals surface area contributed by atoms with Gasteiger partial charge in [-0.1, -0.05) is 45.4 Å². The minimum atomic E-state index is 0. The summed E-state index contributed by atoms with van der Waals surface area (Å²) in [4.78, 5) is 0. The molecule has 0 atom stereocenters. The topological polar surface area (TPSA) is 18.5 Å². The molecule has 2 nitrogen and oxygen atoms in total. The monoisotopic (exact) mass is 334 g/mol. The predicted molar refractivity (Wildman–Crippen MR) is 96.3 cm³/mol. The van der Waals surface area contributed by atoms with Gasteiger partial charge in [-0.2, -0.15) is 17.7 Å². The van der Waals surface area contributed by atoms with Crippen LogP contribution in [0.2, 0.25) is 0 Å². The summed E-state index contributed by atoms with van der Waals surface area (Å²) in [6.45, 7) is 7.17. The van der Waals surface area contributed by atoms with E-state index in [-0.39, 0.29) is 24.3 Å². The predicted octanol–water partition coefficient (Wildman–Crippen LogP) is 2.24. The Morgan fingerprint density at radius 3 is 2.12 bits per heavy atom. The Balaban J connectivity index is 0.00000182. The molecule has 0 amide bonds. The fourth-order valence-corrected chi connectivity index (χ4v) is 5.99. The van der Waals surface area contributed by atoms with Crippen molar-refractivity contribution in [2.45, 2.75) is 70.1 Å². The van der Waals surface area contributed by atoms with Gasteiger partial charge in [-0.15, -0.1) is 11.6 Å². The molecule has 3 heteroatoms. The molecule has 0 aromatic heterocycles. The summed E-state index contributed by atoms with van der Waals surface area (Å²) in [6, 6.07) is 8.03. The van der Waals surface area contributed by atoms with E-state index in [2.05, 4.69) is 39.0 Å². The van der Waals surface area contributed by atoms with Gasteiger partial charge in [-0.25, -0.2) is 0 Å². The molecule has 4 fully saturated rings. The number of methoxy groups -OCH3 is 1. The summed E-state index contributed by atoms with van der Waals surface area (Å²) in [5, 5.41) is 0. The van der Waals surface area contributed by atoms with E-state index < -0.39 is 0 Å². The number of ether oxygens (including phenoxy) is 2. The molecule has 0 heterocycles. The van der Waals surface area contributed by atoms with Crippen LogP contribution in [-0.2, 0) is 15.6 Å². The normalized spacial score (nSPS) is 33.2. The van der Waals surface area contributed by atoms with Crippen LogP contribution in [-0.4, -0.2) is 13.9 Å². The summed E-state index contributed by atoms with van der Waals surface area (Å²) < 4.78 is 11.1. The maximum atomic E-state index is 5.97. The molecule has 0 radical (unpaired) electrons. The number of benzene rings is 1. The standard InChI is InChI=1S/C22H31O2.Li/c1-21(2,3)18-5-6-20(24-14-23-4)19(10-18)22-11-15-7-16(12-22)9-17(8-15)13-22;/h5,10,15-17H,7-9,11-14H2,1-4H3;/q-1;+1. The van der Waals surface area contributed by atoms with Crippen molar-refractivity contribution in [3.8, 4) is 5.75 Å². The first-order valence-corrected chi connectivity index (χ1v) is 9.58.